The minimum Gasteiger partial charge on any atom is -0.496 e. The predicted octanol–water partition coefficient (Wildman–Crippen LogP) is 5.29. The normalized spacial score (nSPS) is 10.1. The van der Waals surface area contributed by atoms with Crippen LogP contribution in [0.5, 0.6) is 11.6 Å². The summed E-state index contributed by atoms with van der Waals surface area (Å²) in [4.78, 5) is 9.38. The number of aryl methyl sites for hydroxylation is 1. The summed E-state index contributed by atoms with van der Waals surface area (Å²) in [6, 6.07) is 13.9. The zero-order valence-electron chi connectivity index (χ0n) is 15.7. The zero-order chi connectivity index (χ0) is 18.2. The van der Waals surface area contributed by atoms with E-state index in [2.05, 4.69) is 11.9 Å². The first-order chi connectivity index (χ1) is 12.3. The van der Waals surface area contributed by atoms with Gasteiger partial charge in [0.15, 0.2) is 5.82 Å². The third-order valence-electron chi connectivity index (χ3n) is 3.84. The maximum absolute atomic E-state index is 5.52. The molecule has 132 valence electrons. The van der Waals surface area contributed by atoms with Gasteiger partial charge in [0, 0.05) is 11.1 Å². The number of ether oxygens (including phenoxy) is 2. The first-order valence-electron chi connectivity index (χ1n) is 8.75. The second kappa shape index (κ2) is 9.02. The second-order valence-corrected chi connectivity index (χ2v) is 5.32. The molecule has 3 aromatic rings. The highest BCUT2D eigenvalue weighted by molar-refractivity contribution is 5.89. The Hall–Kier alpha value is -2.62. The fourth-order valence-corrected chi connectivity index (χ4v) is 2.76. The molecule has 0 saturated heterocycles. The molecular formula is C21H26N2O2. The highest BCUT2D eigenvalue weighted by Crippen LogP contribution is 2.33. The van der Waals surface area contributed by atoms with Crippen LogP contribution >= 0.6 is 0 Å². The van der Waals surface area contributed by atoms with Crippen molar-refractivity contribution in [3.8, 4) is 23.0 Å². The van der Waals surface area contributed by atoms with Crippen LogP contribution in [0.3, 0.4) is 0 Å². The van der Waals surface area contributed by atoms with E-state index >= 15 is 0 Å². The Labute approximate surface area is 149 Å². The molecule has 3 rings (SSSR count). The average Bonchev–Trinajstić information content (AvgIpc) is 2.69. The molecule has 0 unspecified atom stereocenters. The third-order valence-corrected chi connectivity index (χ3v) is 3.84. The second-order valence-electron chi connectivity index (χ2n) is 5.32. The SMILES string of the molecule is CC.CCCc1c(OC)ccc2c(OC)nc(-c3ccccc3)nc12. The first-order valence-corrected chi connectivity index (χ1v) is 8.75. The molecule has 0 amide bonds. The van der Waals surface area contributed by atoms with Gasteiger partial charge in [0.1, 0.15) is 5.75 Å². The molecule has 1 aromatic heterocycles. The van der Waals surface area contributed by atoms with Gasteiger partial charge in [-0.15, -0.1) is 0 Å². The van der Waals surface area contributed by atoms with Crippen LogP contribution < -0.4 is 9.47 Å². The van der Waals surface area contributed by atoms with Crippen LogP contribution in [0.1, 0.15) is 32.8 Å². The van der Waals surface area contributed by atoms with Crippen molar-refractivity contribution in [1.29, 1.82) is 0 Å². The molecule has 0 aliphatic carbocycles. The summed E-state index contributed by atoms with van der Waals surface area (Å²) in [5.41, 5.74) is 2.97. The molecule has 4 nitrogen and oxygen atoms in total. The van der Waals surface area contributed by atoms with E-state index in [4.69, 9.17) is 14.5 Å². The van der Waals surface area contributed by atoms with Gasteiger partial charge in [0.05, 0.1) is 25.1 Å². The number of hydrogen-bond acceptors (Lipinski definition) is 4. The van der Waals surface area contributed by atoms with Crippen molar-refractivity contribution in [2.75, 3.05) is 14.2 Å². The summed E-state index contributed by atoms with van der Waals surface area (Å²) in [5.74, 6) is 2.12. The lowest BCUT2D eigenvalue weighted by Gasteiger charge is -2.13. The monoisotopic (exact) mass is 338 g/mol. The topological polar surface area (TPSA) is 44.2 Å². The number of benzene rings is 2. The van der Waals surface area contributed by atoms with E-state index in [1.807, 2.05) is 56.3 Å². The summed E-state index contributed by atoms with van der Waals surface area (Å²) < 4.78 is 11.0. The summed E-state index contributed by atoms with van der Waals surface area (Å²) >= 11 is 0. The fourth-order valence-electron chi connectivity index (χ4n) is 2.76. The highest BCUT2D eigenvalue weighted by atomic mass is 16.5. The van der Waals surface area contributed by atoms with Crippen molar-refractivity contribution in [2.45, 2.75) is 33.6 Å². The number of rotatable bonds is 5. The summed E-state index contributed by atoms with van der Waals surface area (Å²) in [6.45, 7) is 6.15. The predicted molar refractivity (Wildman–Crippen MR) is 103 cm³/mol. The van der Waals surface area contributed by atoms with E-state index in [0.717, 1.165) is 40.6 Å². The van der Waals surface area contributed by atoms with E-state index in [1.54, 1.807) is 14.2 Å². The van der Waals surface area contributed by atoms with Gasteiger partial charge in [0.2, 0.25) is 5.88 Å². The van der Waals surface area contributed by atoms with Crippen LogP contribution in [-0.2, 0) is 6.42 Å². The number of nitrogens with zero attached hydrogens (tertiary/aromatic N) is 2. The van der Waals surface area contributed by atoms with E-state index < -0.39 is 0 Å². The lowest BCUT2D eigenvalue weighted by atomic mass is 10.0. The molecular weight excluding hydrogens is 312 g/mol. The minimum atomic E-state index is 0.592. The molecule has 0 atom stereocenters. The van der Waals surface area contributed by atoms with E-state index in [-0.39, 0.29) is 0 Å². The molecule has 0 radical (unpaired) electrons. The smallest absolute Gasteiger partial charge is 0.224 e. The van der Waals surface area contributed by atoms with Gasteiger partial charge in [0.25, 0.3) is 0 Å². The molecule has 0 N–H and O–H groups in total. The number of methoxy groups -OCH3 is 2. The highest BCUT2D eigenvalue weighted by Gasteiger charge is 2.15. The number of fused-ring (bicyclic) bond motifs is 1. The first kappa shape index (κ1) is 18.7. The standard InChI is InChI=1S/C19H20N2O2.C2H6/c1-4-8-14-16(22-2)12-11-15-17(14)20-18(21-19(15)23-3)13-9-6-5-7-10-13;1-2/h5-7,9-12H,4,8H2,1-3H3;1-2H3. The number of aromatic nitrogens is 2. The van der Waals surface area contributed by atoms with E-state index in [0.29, 0.717) is 11.7 Å². The van der Waals surface area contributed by atoms with Gasteiger partial charge < -0.3 is 9.47 Å². The maximum atomic E-state index is 5.52. The Kier molecular flexibility index (Phi) is 6.75. The van der Waals surface area contributed by atoms with Gasteiger partial charge in [-0.3, -0.25) is 0 Å². The van der Waals surface area contributed by atoms with Crippen LogP contribution in [0.15, 0.2) is 42.5 Å². The average molecular weight is 338 g/mol. The molecule has 4 heteroatoms. The van der Waals surface area contributed by atoms with Crippen LogP contribution in [0.25, 0.3) is 22.3 Å². The number of hydrogen-bond donors (Lipinski definition) is 0. The van der Waals surface area contributed by atoms with Crippen molar-refractivity contribution >= 4 is 10.9 Å². The Morgan fingerprint density at radius 3 is 2.20 bits per heavy atom. The lowest BCUT2D eigenvalue weighted by Crippen LogP contribution is -2.00. The Bertz CT molecular complexity index is 817. The quantitative estimate of drug-likeness (QED) is 0.634. The van der Waals surface area contributed by atoms with Crippen LogP contribution in [-0.4, -0.2) is 24.2 Å². The Morgan fingerprint density at radius 2 is 1.60 bits per heavy atom. The van der Waals surface area contributed by atoms with Crippen LogP contribution in [0.2, 0.25) is 0 Å². The van der Waals surface area contributed by atoms with Gasteiger partial charge in [-0.25, -0.2) is 4.98 Å². The van der Waals surface area contributed by atoms with Crippen molar-refractivity contribution in [2.24, 2.45) is 0 Å². The van der Waals surface area contributed by atoms with E-state index in [1.165, 1.54) is 0 Å². The molecule has 25 heavy (non-hydrogen) atoms. The van der Waals surface area contributed by atoms with Crippen molar-refractivity contribution < 1.29 is 9.47 Å². The van der Waals surface area contributed by atoms with Crippen LogP contribution in [0.4, 0.5) is 0 Å². The minimum absolute atomic E-state index is 0.592. The van der Waals surface area contributed by atoms with Crippen molar-refractivity contribution in [3.05, 3.63) is 48.0 Å². The molecule has 1 heterocycles. The summed E-state index contributed by atoms with van der Waals surface area (Å²) in [6.07, 6.45) is 1.91. The molecule has 0 aliphatic rings. The van der Waals surface area contributed by atoms with Crippen molar-refractivity contribution in [1.82, 2.24) is 9.97 Å². The third kappa shape index (κ3) is 3.90. The van der Waals surface area contributed by atoms with Gasteiger partial charge in [-0.2, -0.15) is 4.98 Å². The van der Waals surface area contributed by atoms with Gasteiger partial charge >= 0.3 is 0 Å². The largest absolute Gasteiger partial charge is 0.496 e. The molecule has 2 aromatic carbocycles. The van der Waals surface area contributed by atoms with E-state index in [9.17, 15) is 0 Å². The molecule has 0 spiro atoms. The fraction of sp³-hybridized carbons (Fsp3) is 0.333. The molecule has 0 fully saturated rings. The van der Waals surface area contributed by atoms with Gasteiger partial charge in [-0.1, -0.05) is 57.5 Å². The summed E-state index contributed by atoms with van der Waals surface area (Å²) in [5, 5.41) is 0.913. The molecule has 0 saturated carbocycles. The Morgan fingerprint density at radius 1 is 0.880 bits per heavy atom. The van der Waals surface area contributed by atoms with Crippen LogP contribution in [0, 0.1) is 0 Å². The molecule has 0 aliphatic heterocycles. The van der Waals surface area contributed by atoms with Crippen molar-refractivity contribution in [3.63, 3.8) is 0 Å². The van der Waals surface area contributed by atoms with Gasteiger partial charge in [-0.05, 0) is 18.6 Å². The maximum Gasteiger partial charge on any atom is 0.224 e. The lowest BCUT2D eigenvalue weighted by molar-refractivity contribution is 0.402. The Balaban J connectivity index is 0.00000109. The molecule has 0 bridgehead atoms. The summed E-state index contributed by atoms with van der Waals surface area (Å²) in [7, 11) is 3.33. The zero-order valence-corrected chi connectivity index (χ0v) is 15.7.